The SMILES string of the molecule is Cc1nc(-c2cc(F)ccc2C(F)(F)F)ncc1C(C)O. The maximum Gasteiger partial charge on any atom is 0.417 e. The van der Waals surface area contributed by atoms with E-state index in [0.717, 1.165) is 12.1 Å². The Morgan fingerprint density at radius 3 is 2.43 bits per heavy atom. The minimum Gasteiger partial charge on any atom is -0.389 e. The molecule has 1 atom stereocenters. The van der Waals surface area contributed by atoms with Gasteiger partial charge in [0.1, 0.15) is 5.82 Å². The summed E-state index contributed by atoms with van der Waals surface area (Å²) in [5, 5.41) is 9.47. The van der Waals surface area contributed by atoms with Gasteiger partial charge in [-0.05, 0) is 32.0 Å². The van der Waals surface area contributed by atoms with E-state index >= 15 is 0 Å². The number of benzene rings is 1. The normalized spacial score (nSPS) is 13.3. The van der Waals surface area contributed by atoms with Crippen LogP contribution in [-0.2, 0) is 6.18 Å². The molecule has 0 aliphatic carbocycles. The third-order valence-electron chi connectivity index (χ3n) is 3.00. The van der Waals surface area contributed by atoms with E-state index < -0.39 is 29.2 Å². The summed E-state index contributed by atoms with van der Waals surface area (Å²) < 4.78 is 52.1. The van der Waals surface area contributed by atoms with Crippen LogP contribution in [0, 0.1) is 12.7 Å². The highest BCUT2D eigenvalue weighted by atomic mass is 19.4. The molecule has 1 heterocycles. The lowest BCUT2D eigenvalue weighted by Gasteiger charge is -2.14. The number of hydrogen-bond donors (Lipinski definition) is 1. The molecule has 0 saturated heterocycles. The number of nitrogens with zero attached hydrogens (tertiary/aromatic N) is 2. The van der Waals surface area contributed by atoms with Crippen molar-refractivity contribution < 1.29 is 22.7 Å². The zero-order valence-electron chi connectivity index (χ0n) is 11.2. The molecule has 0 spiro atoms. The van der Waals surface area contributed by atoms with E-state index in [1.165, 1.54) is 13.1 Å². The molecule has 21 heavy (non-hydrogen) atoms. The fourth-order valence-corrected chi connectivity index (χ4v) is 1.96. The molecule has 112 valence electrons. The van der Waals surface area contributed by atoms with E-state index in [9.17, 15) is 22.7 Å². The number of alkyl halides is 3. The van der Waals surface area contributed by atoms with Crippen LogP contribution in [0.1, 0.15) is 29.8 Å². The van der Waals surface area contributed by atoms with E-state index in [0.29, 0.717) is 17.3 Å². The van der Waals surface area contributed by atoms with Gasteiger partial charge in [0, 0.05) is 23.0 Å². The Bertz CT molecular complexity index is 669. The second kappa shape index (κ2) is 5.40. The zero-order chi connectivity index (χ0) is 15.8. The fraction of sp³-hybridized carbons (Fsp3) is 0.286. The van der Waals surface area contributed by atoms with Gasteiger partial charge in [0.25, 0.3) is 0 Å². The van der Waals surface area contributed by atoms with E-state index in [1.54, 1.807) is 6.92 Å². The lowest BCUT2D eigenvalue weighted by molar-refractivity contribution is -0.137. The number of aromatic nitrogens is 2. The fourth-order valence-electron chi connectivity index (χ4n) is 1.96. The summed E-state index contributed by atoms with van der Waals surface area (Å²) in [6.45, 7) is 3.04. The van der Waals surface area contributed by atoms with Crippen molar-refractivity contribution in [1.82, 2.24) is 9.97 Å². The highest BCUT2D eigenvalue weighted by Gasteiger charge is 2.34. The summed E-state index contributed by atoms with van der Waals surface area (Å²) in [5.74, 6) is -1.04. The molecule has 2 rings (SSSR count). The molecule has 0 bridgehead atoms. The first-order valence-corrected chi connectivity index (χ1v) is 6.09. The van der Waals surface area contributed by atoms with E-state index in [1.807, 2.05) is 0 Å². The minimum atomic E-state index is -4.64. The van der Waals surface area contributed by atoms with Crippen LogP contribution in [0.3, 0.4) is 0 Å². The van der Waals surface area contributed by atoms with Crippen molar-refractivity contribution in [1.29, 1.82) is 0 Å². The molecule has 2 aromatic rings. The highest BCUT2D eigenvalue weighted by molar-refractivity contribution is 5.61. The van der Waals surface area contributed by atoms with Crippen molar-refractivity contribution in [3.05, 3.63) is 47.0 Å². The Labute approximate surface area is 118 Å². The Morgan fingerprint density at radius 2 is 1.90 bits per heavy atom. The Hall–Kier alpha value is -2.02. The third kappa shape index (κ3) is 3.18. The van der Waals surface area contributed by atoms with Crippen molar-refractivity contribution in [2.75, 3.05) is 0 Å². The predicted octanol–water partition coefficient (Wildman–Crippen LogP) is 3.66. The van der Waals surface area contributed by atoms with Gasteiger partial charge in [-0.2, -0.15) is 13.2 Å². The number of halogens is 4. The van der Waals surface area contributed by atoms with Gasteiger partial charge in [0.15, 0.2) is 5.82 Å². The molecule has 1 aromatic carbocycles. The monoisotopic (exact) mass is 300 g/mol. The average Bonchev–Trinajstić information content (AvgIpc) is 2.36. The van der Waals surface area contributed by atoms with Gasteiger partial charge < -0.3 is 5.11 Å². The van der Waals surface area contributed by atoms with Crippen LogP contribution in [0.25, 0.3) is 11.4 Å². The van der Waals surface area contributed by atoms with Crippen molar-refractivity contribution in [3.8, 4) is 11.4 Å². The van der Waals surface area contributed by atoms with Crippen molar-refractivity contribution >= 4 is 0 Å². The maximum atomic E-state index is 13.3. The predicted molar refractivity (Wildman–Crippen MR) is 67.8 cm³/mol. The van der Waals surface area contributed by atoms with Crippen LogP contribution in [0.2, 0.25) is 0 Å². The van der Waals surface area contributed by atoms with Crippen LogP contribution in [0.5, 0.6) is 0 Å². The molecule has 7 heteroatoms. The van der Waals surface area contributed by atoms with Crippen LogP contribution < -0.4 is 0 Å². The van der Waals surface area contributed by atoms with Gasteiger partial charge in [0.2, 0.25) is 0 Å². The van der Waals surface area contributed by atoms with Crippen molar-refractivity contribution in [3.63, 3.8) is 0 Å². The molecule has 1 aromatic heterocycles. The average molecular weight is 300 g/mol. The molecule has 1 N–H and O–H groups in total. The summed E-state index contributed by atoms with van der Waals surface area (Å²) in [4.78, 5) is 7.75. The van der Waals surface area contributed by atoms with Crippen LogP contribution in [0.15, 0.2) is 24.4 Å². The zero-order valence-corrected chi connectivity index (χ0v) is 11.2. The summed E-state index contributed by atoms with van der Waals surface area (Å²) in [6.07, 6.45) is -4.23. The number of aryl methyl sites for hydroxylation is 1. The lowest BCUT2D eigenvalue weighted by Crippen LogP contribution is -2.09. The first-order chi connectivity index (χ1) is 9.70. The van der Waals surface area contributed by atoms with Gasteiger partial charge in [-0.25, -0.2) is 14.4 Å². The van der Waals surface area contributed by atoms with Gasteiger partial charge in [-0.3, -0.25) is 0 Å². The van der Waals surface area contributed by atoms with Crippen LogP contribution in [0.4, 0.5) is 17.6 Å². The van der Waals surface area contributed by atoms with Gasteiger partial charge in [-0.1, -0.05) is 0 Å². The number of hydrogen-bond acceptors (Lipinski definition) is 3. The topological polar surface area (TPSA) is 46.0 Å². The van der Waals surface area contributed by atoms with Crippen LogP contribution in [-0.4, -0.2) is 15.1 Å². The lowest BCUT2D eigenvalue weighted by atomic mass is 10.1. The van der Waals surface area contributed by atoms with Crippen molar-refractivity contribution in [2.45, 2.75) is 26.1 Å². The van der Waals surface area contributed by atoms with E-state index in [-0.39, 0.29) is 5.82 Å². The Kier molecular flexibility index (Phi) is 3.95. The molecule has 3 nitrogen and oxygen atoms in total. The van der Waals surface area contributed by atoms with Gasteiger partial charge in [-0.15, -0.1) is 0 Å². The highest BCUT2D eigenvalue weighted by Crippen LogP contribution is 2.36. The quantitative estimate of drug-likeness (QED) is 0.861. The standard InChI is InChI=1S/C14H12F4N2O/c1-7-11(8(2)21)6-19-13(20-7)10-5-9(15)3-4-12(10)14(16,17)18/h3-6,8,21H,1-2H3. The second-order valence-corrected chi connectivity index (χ2v) is 4.60. The number of aliphatic hydroxyl groups is 1. The summed E-state index contributed by atoms with van der Waals surface area (Å²) in [6, 6.07) is 2.15. The molecule has 0 aliphatic rings. The molecule has 0 fully saturated rings. The molecule has 0 saturated carbocycles. The first-order valence-electron chi connectivity index (χ1n) is 6.09. The number of aliphatic hydroxyl groups excluding tert-OH is 1. The molecule has 0 aliphatic heterocycles. The summed E-state index contributed by atoms with van der Waals surface area (Å²) >= 11 is 0. The Morgan fingerprint density at radius 1 is 1.24 bits per heavy atom. The second-order valence-electron chi connectivity index (χ2n) is 4.60. The summed E-state index contributed by atoms with van der Waals surface area (Å²) in [5.41, 5.74) is -0.688. The van der Waals surface area contributed by atoms with E-state index in [4.69, 9.17) is 0 Å². The van der Waals surface area contributed by atoms with E-state index in [2.05, 4.69) is 9.97 Å². The van der Waals surface area contributed by atoms with Gasteiger partial charge >= 0.3 is 6.18 Å². The summed E-state index contributed by atoms with van der Waals surface area (Å²) in [7, 11) is 0. The largest absolute Gasteiger partial charge is 0.417 e. The smallest absolute Gasteiger partial charge is 0.389 e. The molecule has 0 radical (unpaired) electrons. The third-order valence-corrected chi connectivity index (χ3v) is 3.00. The minimum absolute atomic E-state index is 0.233. The first kappa shape index (κ1) is 15.4. The Balaban J connectivity index is 2.61. The molecular weight excluding hydrogens is 288 g/mol. The maximum absolute atomic E-state index is 13.3. The molecule has 0 amide bonds. The van der Waals surface area contributed by atoms with Crippen molar-refractivity contribution in [2.24, 2.45) is 0 Å². The molecular formula is C14H12F4N2O. The number of rotatable bonds is 2. The molecule has 1 unspecified atom stereocenters. The van der Waals surface area contributed by atoms with Gasteiger partial charge in [0.05, 0.1) is 11.7 Å². The van der Waals surface area contributed by atoms with Crippen LogP contribution >= 0.6 is 0 Å².